The maximum atomic E-state index is 11.0. The first-order chi connectivity index (χ1) is 5.04. The van der Waals surface area contributed by atoms with Crippen molar-refractivity contribution in [2.75, 3.05) is 14.1 Å². The van der Waals surface area contributed by atoms with Crippen LogP contribution >= 0.6 is 0 Å². The molecule has 0 unspecified atom stereocenters. The van der Waals surface area contributed by atoms with Crippen molar-refractivity contribution in [3.8, 4) is 0 Å². The molecule has 0 aromatic carbocycles. The maximum Gasteiger partial charge on any atom is 0.224 e. The summed E-state index contributed by atoms with van der Waals surface area (Å²) in [5.74, 6) is -0.478. The number of allylic oxidation sites excluding steroid dienone is 2. The molecule has 0 radical (unpaired) electrons. The molecule has 1 aliphatic rings. The molecule has 0 spiro atoms. The molecule has 1 N–H and O–H groups in total. The molecule has 0 aliphatic heterocycles. The van der Waals surface area contributed by atoms with E-state index in [1.54, 1.807) is 19.0 Å². The molecule has 3 heteroatoms. The standard InChI is InChI=1S/C8H11NO2/c1-5-4-6(9(2)3)8(11)7(5)10/h11H,1,4H2,2-3H3. The van der Waals surface area contributed by atoms with Crippen LogP contribution in [0.5, 0.6) is 0 Å². The lowest BCUT2D eigenvalue weighted by Gasteiger charge is -2.12. The van der Waals surface area contributed by atoms with Crippen LogP contribution in [0.1, 0.15) is 6.42 Å². The molecule has 11 heavy (non-hydrogen) atoms. The quantitative estimate of drug-likeness (QED) is 0.568. The first-order valence-electron chi connectivity index (χ1n) is 3.36. The van der Waals surface area contributed by atoms with Crippen LogP contribution < -0.4 is 0 Å². The van der Waals surface area contributed by atoms with Crippen LogP contribution in [0.3, 0.4) is 0 Å². The summed E-state index contributed by atoms with van der Waals surface area (Å²) in [6.07, 6.45) is 0.470. The molecule has 0 amide bonds. The van der Waals surface area contributed by atoms with Gasteiger partial charge in [0.1, 0.15) is 0 Å². The number of aliphatic hydroxyl groups excluding tert-OH is 1. The first kappa shape index (κ1) is 7.85. The third-order valence-corrected chi connectivity index (χ3v) is 1.73. The second kappa shape index (κ2) is 2.42. The van der Waals surface area contributed by atoms with E-state index in [4.69, 9.17) is 0 Å². The summed E-state index contributed by atoms with van der Waals surface area (Å²) in [4.78, 5) is 12.7. The number of hydrogen-bond donors (Lipinski definition) is 1. The number of ketones is 1. The number of rotatable bonds is 1. The fourth-order valence-corrected chi connectivity index (χ4v) is 1.03. The van der Waals surface area contributed by atoms with Crippen molar-refractivity contribution < 1.29 is 9.90 Å². The Bertz CT molecular complexity index is 251. The average Bonchev–Trinajstić information content (AvgIpc) is 2.17. The Labute approximate surface area is 65.6 Å². The van der Waals surface area contributed by atoms with Crippen LogP contribution in [0.15, 0.2) is 23.6 Å². The highest BCUT2D eigenvalue weighted by Gasteiger charge is 2.26. The molecule has 60 valence electrons. The Hall–Kier alpha value is -1.25. The van der Waals surface area contributed by atoms with Gasteiger partial charge in [0.2, 0.25) is 5.78 Å². The van der Waals surface area contributed by atoms with Gasteiger partial charge in [0.05, 0.1) is 5.70 Å². The number of Topliss-reactive ketones (excluding diaryl/α,β-unsaturated/α-hetero) is 1. The minimum Gasteiger partial charge on any atom is -0.503 e. The summed E-state index contributed by atoms with van der Waals surface area (Å²) in [5.41, 5.74) is 1.12. The highest BCUT2D eigenvalue weighted by molar-refractivity contribution is 6.09. The Kier molecular flexibility index (Phi) is 1.72. The fourth-order valence-electron chi connectivity index (χ4n) is 1.03. The van der Waals surface area contributed by atoms with Crippen molar-refractivity contribution in [3.63, 3.8) is 0 Å². The van der Waals surface area contributed by atoms with Crippen LogP contribution in [0, 0.1) is 0 Å². The summed E-state index contributed by atoms with van der Waals surface area (Å²) in [6, 6.07) is 0. The van der Waals surface area contributed by atoms with E-state index in [2.05, 4.69) is 6.58 Å². The van der Waals surface area contributed by atoms with Crippen LogP contribution in [0.25, 0.3) is 0 Å². The predicted octanol–water partition coefficient (Wildman–Crippen LogP) is 0.847. The van der Waals surface area contributed by atoms with Crippen molar-refractivity contribution in [3.05, 3.63) is 23.6 Å². The lowest BCUT2D eigenvalue weighted by Crippen LogP contribution is -2.11. The average molecular weight is 153 g/mol. The van der Waals surface area contributed by atoms with Crippen LogP contribution in [0.4, 0.5) is 0 Å². The monoisotopic (exact) mass is 153 g/mol. The van der Waals surface area contributed by atoms with Gasteiger partial charge in [-0.05, 0) is 0 Å². The van der Waals surface area contributed by atoms with Crippen molar-refractivity contribution in [1.82, 2.24) is 4.90 Å². The second-order valence-corrected chi connectivity index (χ2v) is 2.80. The van der Waals surface area contributed by atoms with Crippen molar-refractivity contribution in [2.24, 2.45) is 0 Å². The molecule has 0 saturated carbocycles. The number of hydrogen-bond acceptors (Lipinski definition) is 3. The zero-order valence-electron chi connectivity index (χ0n) is 6.72. The molecule has 0 aromatic heterocycles. The van der Waals surface area contributed by atoms with Crippen LogP contribution in [0.2, 0.25) is 0 Å². The topological polar surface area (TPSA) is 40.5 Å². The fraction of sp³-hybridized carbons (Fsp3) is 0.375. The number of nitrogens with zero attached hydrogens (tertiary/aromatic N) is 1. The van der Waals surface area contributed by atoms with E-state index in [0.717, 1.165) is 0 Å². The predicted molar refractivity (Wildman–Crippen MR) is 42.1 cm³/mol. The van der Waals surface area contributed by atoms with Gasteiger partial charge in [0.25, 0.3) is 0 Å². The summed E-state index contributed by atoms with van der Waals surface area (Å²) in [5, 5.41) is 9.23. The Morgan fingerprint density at radius 1 is 1.55 bits per heavy atom. The molecule has 0 fully saturated rings. The van der Waals surface area contributed by atoms with Crippen molar-refractivity contribution in [1.29, 1.82) is 0 Å². The number of carbonyl (C=O) groups excluding carboxylic acids is 1. The molecule has 0 aromatic rings. The summed E-state index contributed by atoms with van der Waals surface area (Å²) >= 11 is 0. The molecule has 1 rings (SSSR count). The molecule has 3 nitrogen and oxygen atoms in total. The molecule has 0 heterocycles. The van der Waals surface area contributed by atoms with Gasteiger partial charge in [-0.2, -0.15) is 0 Å². The maximum absolute atomic E-state index is 11.0. The minimum atomic E-state index is -0.325. The van der Waals surface area contributed by atoms with E-state index < -0.39 is 0 Å². The second-order valence-electron chi connectivity index (χ2n) is 2.80. The summed E-state index contributed by atoms with van der Waals surface area (Å²) in [7, 11) is 3.58. The van der Waals surface area contributed by atoms with Gasteiger partial charge in [-0.25, -0.2) is 0 Å². The van der Waals surface area contributed by atoms with Crippen LogP contribution in [-0.2, 0) is 4.79 Å². The lowest BCUT2D eigenvalue weighted by molar-refractivity contribution is -0.114. The van der Waals surface area contributed by atoms with E-state index in [9.17, 15) is 9.90 Å². The van der Waals surface area contributed by atoms with E-state index in [1.165, 1.54) is 0 Å². The van der Waals surface area contributed by atoms with Gasteiger partial charge in [-0.3, -0.25) is 4.79 Å². The Morgan fingerprint density at radius 3 is 2.27 bits per heavy atom. The molecule has 0 bridgehead atoms. The highest BCUT2D eigenvalue weighted by Crippen LogP contribution is 2.25. The van der Waals surface area contributed by atoms with Gasteiger partial charge in [0.15, 0.2) is 5.76 Å². The highest BCUT2D eigenvalue weighted by atomic mass is 16.3. The lowest BCUT2D eigenvalue weighted by atomic mass is 10.2. The molecular weight excluding hydrogens is 142 g/mol. The van der Waals surface area contributed by atoms with Gasteiger partial charge in [-0.1, -0.05) is 6.58 Å². The van der Waals surface area contributed by atoms with E-state index in [-0.39, 0.29) is 11.5 Å². The molecule has 0 saturated heterocycles. The van der Waals surface area contributed by atoms with Crippen LogP contribution in [-0.4, -0.2) is 29.9 Å². The number of aliphatic hydroxyl groups is 1. The molecular formula is C8H11NO2. The number of carbonyl (C=O) groups is 1. The van der Waals surface area contributed by atoms with Crippen molar-refractivity contribution in [2.45, 2.75) is 6.42 Å². The largest absolute Gasteiger partial charge is 0.503 e. The van der Waals surface area contributed by atoms with E-state index in [0.29, 0.717) is 17.7 Å². The summed E-state index contributed by atoms with van der Waals surface area (Å²) < 4.78 is 0. The van der Waals surface area contributed by atoms with Gasteiger partial charge in [-0.15, -0.1) is 0 Å². The first-order valence-corrected chi connectivity index (χ1v) is 3.36. The molecule has 0 atom stereocenters. The normalized spacial score (nSPS) is 18.0. The Balaban J connectivity index is 2.98. The van der Waals surface area contributed by atoms with Gasteiger partial charge in [0, 0.05) is 26.1 Å². The van der Waals surface area contributed by atoms with E-state index in [1.807, 2.05) is 0 Å². The van der Waals surface area contributed by atoms with Crippen molar-refractivity contribution >= 4 is 5.78 Å². The third kappa shape index (κ3) is 1.13. The SMILES string of the molecule is C=C1CC(N(C)C)=C(O)C1=O. The summed E-state index contributed by atoms with van der Waals surface area (Å²) in [6.45, 7) is 3.54. The Morgan fingerprint density at radius 2 is 2.09 bits per heavy atom. The van der Waals surface area contributed by atoms with Gasteiger partial charge >= 0.3 is 0 Å². The minimum absolute atomic E-state index is 0.153. The smallest absolute Gasteiger partial charge is 0.224 e. The van der Waals surface area contributed by atoms with E-state index >= 15 is 0 Å². The third-order valence-electron chi connectivity index (χ3n) is 1.73. The molecule has 1 aliphatic carbocycles. The van der Waals surface area contributed by atoms with Gasteiger partial charge < -0.3 is 10.0 Å². The zero-order chi connectivity index (χ0) is 8.59. The zero-order valence-corrected chi connectivity index (χ0v) is 6.72.